The van der Waals surface area contributed by atoms with E-state index in [1.54, 1.807) is 12.1 Å². The van der Waals surface area contributed by atoms with Crippen LogP contribution in [-0.4, -0.2) is 11.9 Å². The summed E-state index contributed by atoms with van der Waals surface area (Å²) in [6, 6.07) is 14.5. The highest BCUT2D eigenvalue weighted by Crippen LogP contribution is 2.13. The molecule has 0 aliphatic rings. The Morgan fingerprint density at radius 1 is 1.09 bits per heavy atom. The SMILES string of the molecule is CC(C)NC(=O)Cc1ccc(NCc2ccccc2F)cc1. The largest absolute Gasteiger partial charge is 0.381 e. The molecule has 0 bridgehead atoms. The van der Waals surface area contributed by atoms with E-state index in [-0.39, 0.29) is 17.8 Å². The fourth-order valence-corrected chi connectivity index (χ4v) is 2.14. The topological polar surface area (TPSA) is 41.1 Å². The second-order valence-corrected chi connectivity index (χ2v) is 5.54. The lowest BCUT2D eigenvalue weighted by Gasteiger charge is -2.10. The summed E-state index contributed by atoms with van der Waals surface area (Å²) in [5, 5.41) is 6.04. The first-order valence-electron chi connectivity index (χ1n) is 7.40. The summed E-state index contributed by atoms with van der Waals surface area (Å²) in [6.07, 6.45) is 0.367. The molecule has 0 heterocycles. The molecule has 3 nitrogen and oxygen atoms in total. The van der Waals surface area contributed by atoms with E-state index in [0.29, 0.717) is 18.5 Å². The Labute approximate surface area is 130 Å². The highest BCUT2D eigenvalue weighted by atomic mass is 19.1. The molecule has 2 rings (SSSR count). The van der Waals surface area contributed by atoms with Crippen LogP contribution in [0.3, 0.4) is 0 Å². The van der Waals surface area contributed by atoms with Crippen molar-refractivity contribution < 1.29 is 9.18 Å². The molecule has 0 unspecified atom stereocenters. The number of benzene rings is 2. The summed E-state index contributed by atoms with van der Waals surface area (Å²) in [5.74, 6) is -0.195. The van der Waals surface area contributed by atoms with Gasteiger partial charge in [0, 0.05) is 23.8 Å². The lowest BCUT2D eigenvalue weighted by atomic mass is 10.1. The zero-order valence-electron chi connectivity index (χ0n) is 12.9. The van der Waals surface area contributed by atoms with E-state index in [1.165, 1.54) is 6.07 Å². The van der Waals surface area contributed by atoms with Gasteiger partial charge in [0.1, 0.15) is 5.82 Å². The first-order chi connectivity index (χ1) is 10.5. The third kappa shape index (κ3) is 4.88. The van der Waals surface area contributed by atoms with Gasteiger partial charge in [-0.1, -0.05) is 30.3 Å². The van der Waals surface area contributed by atoms with Crippen LogP contribution < -0.4 is 10.6 Å². The van der Waals surface area contributed by atoms with Crippen LogP contribution in [0.4, 0.5) is 10.1 Å². The van der Waals surface area contributed by atoms with E-state index >= 15 is 0 Å². The van der Waals surface area contributed by atoms with Crippen LogP contribution in [-0.2, 0) is 17.8 Å². The van der Waals surface area contributed by atoms with Gasteiger partial charge in [0.2, 0.25) is 5.91 Å². The van der Waals surface area contributed by atoms with Crippen LogP contribution in [0.25, 0.3) is 0 Å². The van der Waals surface area contributed by atoms with Crippen molar-refractivity contribution in [3.05, 3.63) is 65.5 Å². The molecule has 0 spiro atoms. The third-order valence-corrected chi connectivity index (χ3v) is 3.21. The second-order valence-electron chi connectivity index (χ2n) is 5.54. The van der Waals surface area contributed by atoms with Crippen molar-refractivity contribution in [2.24, 2.45) is 0 Å². The van der Waals surface area contributed by atoms with Crippen LogP contribution in [0.1, 0.15) is 25.0 Å². The Balaban J connectivity index is 1.89. The van der Waals surface area contributed by atoms with E-state index in [4.69, 9.17) is 0 Å². The molecule has 0 saturated heterocycles. The standard InChI is InChI=1S/C18H21FN2O/c1-13(2)21-18(22)11-14-7-9-16(10-8-14)20-12-15-5-3-4-6-17(15)19/h3-10,13,20H,11-12H2,1-2H3,(H,21,22). The third-order valence-electron chi connectivity index (χ3n) is 3.21. The molecule has 0 saturated carbocycles. The molecule has 0 aromatic heterocycles. The zero-order valence-corrected chi connectivity index (χ0v) is 12.9. The van der Waals surface area contributed by atoms with E-state index in [9.17, 15) is 9.18 Å². The fraction of sp³-hybridized carbons (Fsp3) is 0.278. The van der Waals surface area contributed by atoms with Gasteiger partial charge in [0.25, 0.3) is 0 Å². The number of halogens is 1. The van der Waals surface area contributed by atoms with Gasteiger partial charge in [-0.3, -0.25) is 4.79 Å². The molecular formula is C18H21FN2O. The monoisotopic (exact) mass is 300 g/mol. The van der Waals surface area contributed by atoms with Crippen molar-refractivity contribution >= 4 is 11.6 Å². The predicted molar refractivity (Wildman–Crippen MR) is 87.2 cm³/mol. The molecule has 22 heavy (non-hydrogen) atoms. The smallest absolute Gasteiger partial charge is 0.224 e. The molecule has 1 amide bonds. The Bertz CT molecular complexity index is 623. The van der Waals surface area contributed by atoms with Crippen LogP contribution in [0.5, 0.6) is 0 Å². The maximum atomic E-state index is 13.5. The summed E-state index contributed by atoms with van der Waals surface area (Å²) in [4.78, 5) is 11.7. The van der Waals surface area contributed by atoms with Crippen LogP contribution in [0.2, 0.25) is 0 Å². The van der Waals surface area contributed by atoms with E-state index in [2.05, 4.69) is 10.6 Å². The number of carbonyl (C=O) groups is 1. The Hall–Kier alpha value is -2.36. The number of rotatable bonds is 6. The minimum Gasteiger partial charge on any atom is -0.381 e. The quantitative estimate of drug-likeness (QED) is 0.857. The van der Waals surface area contributed by atoms with Crippen molar-refractivity contribution in [3.8, 4) is 0 Å². The van der Waals surface area contributed by atoms with Gasteiger partial charge in [0.15, 0.2) is 0 Å². The maximum Gasteiger partial charge on any atom is 0.224 e. The van der Waals surface area contributed by atoms with Crippen molar-refractivity contribution in [1.29, 1.82) is 0 Å². The number of nitrogens with one attached hydrogen (secondary N) is 2. The van der Waals surface area contributed by atoms with Crippen LogP contribution in [0.15, 0.2) is 48.5 Å². The van der Waals surface area contributed by atoms with Gasteiger partial charge in [-0.05, 0) is 37.6 Å². The van der Waals surface area contributed by atoms with Gasteiger partial charge in [-0.15, -0.1) is 0 Å². The molecule has 2 aromatic carbocycles. The molecule has 0 atom stereocenters. The Morgan fingerprint density at radius 2 is 1.77 bits per heavy atom. The molecule has 0 aliphatic heterocycles. The minimum absolute atomic E-state index is 0.0158. The van der Waals surface area contributed by atoms with Gasteiger partial charge in [0.05, 0.1) is 6.42 Å². The first kappa shape index (κ1) is 16.0. The molecular weight excluding hydrogens is 279 g/mol. The summed E-state index contributed by atoms with van der Waals surface area (Å²) >= 11 is 0. The van der Waals surface area contributed by atoms with Crippen molar-refractivity contribution in [1.82, 2.24) is 5.32 Å². The molecule has 0 aliphatic carbocycles. The van der Waals surface area contributed by atoms with Gasteiger partial charge in [-0.2, -0.15) is 0 Å². The van der Waals surface area contributed by atoms with Gasteiger partial charge >= 0.3 is 0 Å². The van der Waals surface area contributed by atoms with E-state index in [1.807, 2.05) is 44.2 Å². The maximum absolute atomic E-state index is 13.5. The molecule has 2 N–H and O–H groups in total. The minimum atomic E-state index is -0.211. The van der Waals surface area contributed by atoms with Crippen molar-refractivity contribution in [3.63, 3.8) is 0 Å². The number of anilines is 1. The number of hydrogen-bond donors (Lipinski definition) is 2. The zero-order chi connectivity index (χ0) is 15.9. The summed E-state index contributed by atoms with van der Waals surface area (Å²) in [7, 11) is 0. The summed E-state index contributed by atoms with van der Waals surface area (Å²) in [5.41, 5.74) is 2.48. The lowest BCUT2D eigenvalue weighted by molar-refractivity contribution is -0.120. The summed E-state index contributed by atoms with van der Waals surface area (Å²) < 4.78 is 13.5. The lowest BCUT2D eigenvalue weighted by Crippen LogP contribution is -2.31. The van der Waals surface area contributed by atoms with Gasteiger partial charge in [-0.25, -0.2) is 4.39 Å². The number of hydrogen-bond acceptors (Lipinski definition) is 2. The Morgan fingerprint density at radius 3 is 2.41 bits per heavy atom. The normalized spacial score (nSPS) is 10.5. The Kier molecular flexibility index (Phi) is 5.53. The molecule has 2 aromatic rings. The van der Waals surface area contributed by atoms with Gasteiger partial charge < -0.3 is 10.6 Å². The average Bonchev–Trinajstić information content (AvgIpc) is 2.47. The predicted octanol–water partition coefficient (Wildman–Crippen LogP) is 3.50. The van der Waals surface area contributed by atoms with Crippen molar-refractivity contribution in [2.75, 3.05) is 5.32 Å². The number of carbonyl (C=O) groups excluding carboxylic acids is 1. The highest BCUT2D eigenvalue weighted by molar-refractivity contribution is 5.78. The molecule has 4 heteroatoms. The van der Waals surface area contributed by atoms with Crippen LogP contribution in [0, 0.1) is 5.82 Å². The molecule has 0 fully saturated rings. The molecule has 116 valence electrons. The first-order valence-corrected chi connectivity index (χ1v) is 7.40. The molecule has 0 radical (unpaired) electrons. The van der Waals surface area contributed by atoms with Crippen molar-refractivity contribution in [2.45, 2.75) is 32.9 Å². The van der Waals surface area contributed by atoms with Crippen LogP contribution >= 0.6 is 0 Å². The number of amides is 1. The summed E-state index contributed by atoms with van der Waals surface area (Å²) in [6.45, 7) is 4.31. The average molecular weight is 300 g/mol. The second kappa shape index (κ2) is 7.59. The highest BCUT2D eigenvalue weighted by Gasteiger charge is 2.05. The van der Waals surface area contributed by atoms with E-state index < -0.39 is 0 Å². The van der Waals surface area contributed by atoms with E-state index in [0.717, 1.165) is 11.3 Å². The fourth-order valence-electron chi connectivity index (χ4n) is 2.14.